The number of hydrogen-bond donors (Lipinski definition) is 2. The highest BCUT2D eigenvalue weighted by molar-refractivity contribution is 5.78. The van der Waals surface area contributed by atoms with Gasteiger partial charge >= 0.3 is 5.76 Å². The van der Waals surface area contributed by atoms with E-state index < -0.39 is 55.2 Å². The number of aromatic nitrogens is 1. The van der Waals surface area contributed by atoms with Crippen molar-refractivity contribution in [1.29, 1.82) is 0 Å². The summed E-state index contributed by atoms with van der Waals surface area (Å²) in [4.78, 5) is 19.6. The SMILES string of the molecule is C[C@@H]1Cc2c(ccc3[nH]c(=O)oc23)[C@@H](c2c(F)cc(N3CC4(CN(CCF)C4)C3)cc2F)N1CC(F)(F)CO. The Balaban J connectivity index is 1.38. The number of likely N-dealkylation sites (tertiary alicyclic amines) is 1. The van der Waals surface area contributed by atoms with Gasteiger partial charge in [0.1, 0.15) is 24.9 Å². The van der Waals surface area contributed by atoms with E-state index in [1.54, 1.807) is 13.0 Å². The summed E-state index contributed by atoms with van der Waals surface area (Å²) in [5.74, 6) is -5.95. The molecular formula is C27H29F5N4O3. The van der Waals surface area contributed by atoms with Crippen molar-refractivity contribution < 1.29 is 31.5 Å². The van der Waals surface area contributed by atoms with Crippen molar-refractivity contribution in [2.24, 2.45) is 5.41 Å². The van der Waals surface area contributed by atoms with Gasteiger partial charge in [-0.25, -0.2) is 26.7 Å². The molecule has 1 aromatic heterocycles. The number of anilines is 1. The number of rotatable bonds is 7. The van der Waals surface area contributed by atoms with Crippen molar-refractivity contribution in [3.05, 3.63) is 63.1 Å². The molecule has 2 N–H and O–H groups in total. The van der Waals surface area contributed by atoms with Crippen LogP contribution in [-0.4, -0.2) is 84.4 Å². The van der Waals surface area contributed by atoms with Gasteiger partial charge in [-0.3, -0.25) is 14.8 Å². The summed E-state index contributed by atoms with van der Waals surface area (Å²) in [6.45, 7) is 1.96. The summed E-state index contributed by atoms with van der Waals surface area (Å²) >= 11 is 0. The average Bonchev–Trinajstić information content (AvgIpc) is 3.21. The minimum Gasteiger partial charge on any atom is -0.408 e. The third-order valence-corrected chi connectivity index (χ3v) is 8.34. The number of oxazole rings is 1. The van der Waals surface area contributed by atoms with Crippen molar-refractivity contribution >= 4 is 16.8 Å². The highest BCUT2D eigenvalue weighted by Crippen LogP contribution is 2.46. The van der Waals surface area contributed by atoms with E-state index in [9.17, 15) is 23.1 Å². The predicted molar refractivity (Wildman–Crippen MR) is 134 cm³/mol. The number of benzene rings is 2. The van der Waals surface area contributed by atoms with Crippen molar-refractivity contribution in [2.45, 2.75) is 31.4 Å². The second-order valence-electron chi connectivity index (χ2n) is 11.2. The molecule has 1 spiro atoms. The maximum absolute atomic E-state index is 15.8. The number of fused-ring (bicyclic) bond motifs is 3. The topological polar surface area (TPSA) is 76.0 Å². The quantitative estimate of drug-likeness (QED) is 0.438. The molecule has 6 rings (SSSR count). The lowest BCUT2D eigenvalue weighted by atomic mass is 9.72. The van der Waals surface area contributed by atoms with E-state index in [0.717, 1.165) is 13.1 Å². The van der Waals surface area contributed by atoms with E-state index in [1.807, 2.05) is 9.80 Å². The number of halogens is 5. The number of alkyl halides is 3. The number of nitrogens with one attached hydrogen (secondary N) is 1. The molecule has 7 nitrogen and oxygen atoms in total. The van der Waals surface area contributed by atoms with Gasteiger partial charge in [0.15, 0.2) is 5.58 Å². The summed E-state index contributed by atoms with van der Waals surface area (Å²) in [6, 6.07) is 3.67. The van der Waals surface area contributed by atoms with Crippen molar-refractivity contribution in [1.82, 2.24) is 14.8 Å². The third kappa shape index (κ3) is 4.42. The van der Waals surface area contributed by atoms with Gasteiger partial charge in [0, 0.05) is 61.0 Å². The van der Waals surface area contributed by atoms with Gasteiger partial charge in [-0.05, 0) is 37.1 Å². The van der Waals surface area contributed by atoms with Crippen LogP contribution in [0.1, 0.15) is 29.7 Å². The average molecular weight is 553 g/mol. The molecule has 0 amide bonds. The van der Waals surface area contributed by atoms with Crippen molar-refractivity contribution in [3.63, 3.8) is 0 Å². The van der Waals surface area contributed by atoms with Crippen LogP contribution in [0.25, 0.3) is 11.1 Å². The maximum Gasteiger partial charge on any atom is 0.417 e. The Bertz CT molecular complexity index is 1440. The lowest BCUT2D eigenvalue weighted by Crippen LogP contribution is -2.72. The fourth-order valence-electron chi connectivity index (χ4n) is 6.63. The molecule has 12 heteroatoms. The first-order chi connectivity index (χ1) is 18.5. The second kappa shape index (κ2) is 9.31. The van der Waals surface area contributed by atoms with Gasteiger partial charge in [-0.1, -0.05) is 6.07 Å². The number of nitrogens with zero attached hydrogens (tertiary/aromatic N) is 3. The molecule has 2 aromatic carbocycles. The Morgan fingerprint density at radius 1 is 1.15 bits per heavy atom. The van der Waals surface area contributed by atoms with Gasteiger partial charge in [0.05, 0.1) is 18.1 Å². The van der Waals surface area contributed by atoms with E-state index in [1.165, 1.54) is 23.1 Å². The Labute approximate surface area is 220 Å². The number of aromatic amines is 1. The first kappa shape index (κ1) is 26.3. The maximum atomic E-state index is 15.8. The largest absolute Gasteiger partial charge is 0.417 e. The fourth-order valence-corrected chi connectivity index (χ4v) is 6.63. The molecule has 0 radical (unpaired) electrons. The van der Waals surface area contributed by atoms with Crippen molar-refractivity contribution in [2.75, 3.05) is 57.4 Å². The molecule has 39 heavy (non-hydrogen) atoms. The lowest BCUT2D eigenvalue weighted by molar-refractivity contribution is -0.0866. The van der Waals surface area contributed by atoms with Crippen molar-refractivity contribution in [3.8, 4) is 0 Å². The molecule has 2 saturated heterocycles. The minimum absolute atomic E-state index is 0.00292. The lowest BCUT2D eigenvalue weighted by Gasteiger charge is -2.61. The van der Waals surface area contributed by atoms with Crippen LogP contribution in [0.5, 0.6) is 0 Å². The normalized spacial score (nSPS) is 23.2. The molecule has 2 atom stereocenters. The molecule has 0 bridgehead atoms. The molecule has 3 aliphatic heterocycles. The van der Waals surface area contributed by atoms with E-state index in [4.69, 9.17) is 4.42 Å². The number of aliphatic hydroxyl groups excluding tert-OH is 1. The van der Waals surface area contributed by atoms with E-state index in [0.29, 0.717) is 42.0 Å². The Morgan fingerprint density at radius 2 is 1.85 bits per heavy atom. The summed E-state index contributed by atoms with van der Waals surface area (Å²) < 4.78 is 78.5. The van der Waals surface area contributed by atoms with E-state index in [2.05, 4.69) is 4.98 Å². The number of H-pyrrole nitrogens is 1. The molecule has 3 aliphatic rings. The Morgan fingerprint density at radius 3 is 2.49 bits per heavy atom. The van der Waals surface area contributed by atoms with Crippen LogP contribution in [-0.2, 0) is 6.42 Å². The third-order valence-electron chi connectivity index (χ3n) is 8.34. The number of hydrogen-bond acceptors (Lipinski definition) is 6. The summed E-state index contributed by atoms with van der Waals surface area (Å²) in [5.41, 5.74) is 1.47. The molecule has 2 fully saturated rings. The minimum atomic E-state index is -3.51. The monoisotopic (exact) mass is 552 g/mol. The van der Waals surface area contributed by atoms with Crippen LogP contribution >= 0.6 is 0 Å². The molecule has 0 unspecified atom stereocenters. The van der Waals surface area contributed by atoms with Gasteiger partial charge in [-0.15, -0.1) is 0 Å². The van der Waals surface area contributed by atoms with Gasteiger partial charge in [0.2, 0.25) is 0 Å². The predicted octanol–water partition coefficient (Wildman–Crippen LogP) is 3.45. The fraction of sp³-hybridized carbons (Fsp3) is 0.519. The zero-order valence-electron chi connectivity index (χ0n) is 21.3. The van der Waals surface area contributed by atoms with Crippen LogP contribution in [0.4, 0.5) is 27.6 Å². The van der Waals surface area contributed by atoms with Crippen LogP contribution in [0.3, 0.4) is 0 Å². The first-order valence-electron chi connectivity index (χ1n) is 12.9. The van der Waals surface area contributed by atoms with Gasteiger partial charge in [-0.2, -0.15) is 0 Å². The highest BCUT2D eigenvalue weighted by atomic mass is 19.3. The Kier molecular flexibility index (Phi) is 6.27. The standard InChI is InChI=1S/C27H29F5N4O3/c1-15-6-18-17(2-3-21-24(18)39-25(38)33-21)23(36(15)13-27(31,32)14-37)22-19(29)7-16(8-20(22)30)35-11-26(12-35)9-34(10-26)5-4-28/h2-3,7-8,15,23,37H,4-6,9-14H2,1H3,(H,33,38)/t15-,23+/m1/s1. The van der Waals surface area contributed by atoms with E-state index in [-0.39, 0.29) is 23.0 Å². The van der Waals surface area contributed by atoms with Crippen LogP contribution in [0.2, 0.25) is 0 Å². The van der Waals surface area contributed by atoms with Gasteiger partial charge in [0.25, 0.3) is 5.92 Å². The molecular weight excluding hydrogens is 523 g/mol. The highest BCUT2D eigenvalue weighted by Gasteiger charge is 2.51. The van der Waals surface area contributed by atoms with Crippen LogP contribution in [0.15, 0.2) is 33.5 Å². The second-order valence-corrected chi connectivity index (χ2v) is 11.2. The molecule has 210 valence electrons. The zero-order valence-corrected chi connectivity index (χ0v) is 21.3. The number of aliphatic hydroxyl groups is 1. The first-order valence-corrected chi connectivity index (χ1v) is 12.9. The smallest absolute Gasteiger partial charge is 0.408 e. The van der Waals surface area contributed by atoms with Gasteiger partial charge < -0.3 is 14.4 Å². The Hall–Kier alpha value is -2.96. The zero-order chi connectivity index (χ0) is 27.7. The molecule has 0 aliphatic carbocycles. The van der Waals surface area contributed by atoms with E-state index >= 15 is 8.78 Å². The summed E-state index contributed by atoms with van der Waals surface area (Å²) in [7, 11) is 0. The molecule has 3 aromatic rings. The molecule has 0 saturated carbocycles. The van der Waals surface area contributed by atoms with Crippen LogP contribution in [0, 0.1) is 17.0 Å². The summed E-state index contributed by atoms with van der Waals surface area (Å²) in [5, 5.41) is 9.26. The molecule has 4 heterocycles. The summed E-state index contributed by atoms with van der Waals surface area (Å²) in [6.07, 6.45) is 0.197. The van der Waals surface area contributed by atoms with Crippen LogP contribution < -0.4 is 10.7 Å².